The van der Waals surface area contributed by atoms with E-state index in [2.05, 4.69) is 4.90 Å². The van der Waals surface area contributed by atoms with Gasteiger partial charge in [0.25, 0.3) is 0 Å². The molecule has 0 aromatic heterocycles. The summed E-state index contributed by atoms with van der Waals surface area (Å²) in [5, 5.41) is 0. The maximum atomic E-state index is 12.7. The van der Waals surface area contributed by atoms with E-state index in [9.17, 15) is 13.2 Å². The van der Waals surface area contributed by atoms with Crippen LogP contribution in [0.4, 0.5) is 0 Å². The van der Waals surface area contributed by atoms with Crippen LogP contribution in [-0.2, 0) is 14.8 Å². The van der Waals surface area contributed by atoms with Crippen LogP contribution in [0, 0.1) is 0 Å². The van der Waals surface area contributed by atoms with Crippen molar-refractivity contribution in [2.45, 2.75) is 43.0 Å². The van der Waals surface area contributed by atoms with Crippen molar-refractivity contribution in [1.82, 2.24) is 14.1 Å². The molecule has 2 fully saturated rings. The highest BCUT2D eigenvalue weighted by Crippen LogP contribution is 2.21. The molecule has 7 heteroatoms. The Balaban J connectivity index is 1.61. The summed E-state index contributed by atoms with van der Waals surface area (Å²) in [6, 6.07) is 6.93. The predicted octanol–water partition coefficient (Wildman–Crippen LogP) is 2.43. The Kier molecular flexibility index (Phi) is 6.91. The number of sulfonamides is 1. The molecule has 1 aromatic carbocycles. The number of hydrogen-bond donors (Lipinski definition) is 0. The van der Waals surface area contributed by atoms with Gasteiger partial charge in [0.1, 0.15) is 0 Å². The zero-order valence-corrected chi connectivity index (χ0v) is 17.7. The molecule has 1 unspecified atom stereocenters. The van der Waals surface area contributed by atoms with Gasteiger partial charge in [-0.3, -0.25) is 4.79 Å². The SMILES string of the molecule is CN(C)S(=O)(=O)c1ccc(/C=C/C(=O)N2CCCC2CN2CCCCC2)cc1. The van der Waals surface area contributed by atoms with Crippen molar-refractivity contribution in [3.63, 3.8) is 0 Å². The molecule has 2 heterocycles. The number of carbonyl (C=O) groups excluding carboxylic acids is 1. The quantitative estimate of drug-likeness (QED) is 0.682. The van der Waals surface area contributed by atoms with Gasteiger partial charge in [-0.05, 0) is 62.5 Å². The minimum Gasteiger partial charge on any atom is -0.335 e. The second-order valence-electron chi connectivity index (χ2n) is 7.88. The summed E-state index contributed by atoms with van der Waals surface area (Å²) in [5.74, 6) is 0.0458. The summed E-state index contributed by atoms with van der Waals surface area (Å²) in [7, 11) is -0.406. The van der Waals surface area contributed by atoms with Gasteiger partial charge in [0, 0.05) is 39.3 Å². The number of benzene rings is 1. The molecule has 154 valence electrons. The smallest absolute Gasteiger partial charge is 0.246 e. The van der Waals surface area contributed by atoms with Crippen LogP contribution in [0.3, 0.4) is 0 Å². The van der Waals surface area contributed by atoms with Crippen molar-refractivity contribution in [3.8, 4) is 0 Å². The summed E-state index contributed by atoms with van der Waals surface area (Å²) in [6.45, 7) is 4.10. The third kappa shape index (κ3) is 5.01. The molecule has 1 aromatic rings. The third-order valence-corrected chi connectivity index (χ3v) is 7.48. The zero-order valence-electron chi connectivity index (χ0n) is 16.9. The molecule has 0 bridgehead atoms. The second-order valence-corrected chi connectivity index (χ2v) is 10.0. The Morgan fingerprint density at radius 1 is 1.07 bits per heavy atom. The Morgan fingerprint density at radius 2 is 1.75 bits per heavy atom. The molecule has 2 aliphatic heterocycles. The molecule has 1 amide bonds. The summed E-state index contributed by atoms with van der Waals surface area (Å²) in [6.07, 6.45) is 9.37. The molecule has 0 spiro atoms. The van der Waals surface area contributed by atoms with E-state index in [1.807, 2.05) is 4.90 Å². The largest absolute Gasteiger partial charge is 0.335 e. The van der Waals surface area contributed by atoms with Crippen molar-refractivity contribution >= 4 is 22.0 Å². The topological polar surface area (TPSA) is 60.9 Å². The molecular formula is C21H31N3O3S. The van der Waals surface area contributed by atoms with E-state index in [1.165, 1.54) is 37.7 Å². The Bertz CT molecular complexity index is 797. The minimum absolute atomic E-state index is 0.0458. The van der Waals surface area contributed by atoms with Gasteiger partial charge >= 0.3 is 0 Å². The van der Waals surface area contributed by atoms with Crippen molar-refractivity contribution in [1.29, 1.82) is 0 Å². The fourth-order valence-electron chi connectivity index (χ4n) is 3.98. The first kappa shape index (κ1) is 21.0. The number of rotatable bonds is 6. The Hall–Kier alpha value is -1.70. The first-order chi connectivity index (χ1) is 13.4. The second kappa shape index (κ2) is 9.20. The summed E-state index contributed by atoms with van der Waals surface area (Å²) in [4.78, 5) is 17.4. The van der Waals surface area contributed by atoms with Crippen LogP contribution in [-0.4, -0.2) is 74.7 Å². The van der Waals surface area contributed by atoms with Gasteiger partial charge in [0.2, 0.25) is 15.9 Å². The van der Waals surface area contributed by atoms with E-state index in [0.29, 0.717) is 6.04 Å². The number of hydrogen-bond acceptors (Lipinski definition) is 4. The fraction of sp³-hybridized carbons (Fsp3) is 0.571. The van der Waals surface area contributed by atoms with Crippen molar-refractivity contribution < 1.29 is 13.2 Å². The molecule has 1 atom stereocenters. The van der Waals surface area contributed by atoms with Gasteiger partial charge in [0.05, 0.1) is 4.90 Å². The number of piperidine rings is 1. The van der Waals surface area contributed by atoms with Crippen molar-refractivity contribution in [2.24, 2.45) is 0 Å². The van der Waals surface area contributed by atoms with Crippen molar-refractivity contribution in [3.05, 3.63) is 35.9 Å². The molecule has 0 aliphatic carbocycles. The third-order valence-electron chi connectivity index (χ3n) is 5.65. The highest BCUT2D eigenvalue weighted by atomic mass is 32.2. The molecule has 6 nitrogen and oxygen atoms in total. The monoisotopic (exact) mass is 405 g/mol. The maximum Gasteiger partial charge on any atom is 0.246 e. The van der Waals surface area contributed by atoms with Gasteiger partial charge in [0.15, 0.2) is 0 Å². The molecule has 0 saturated carbocycles. The Morgan fingerprint density at radius 3 is 2.39 bits per heavy atom. The first-order valence-electron chi connectivity index (χ1n) is 10.1. The van der Waals surface area contributed by atoms with Crippen LogP contribution in [0.1, 0.15) is 37.7 Å². The van der Waals surface area contributed by atoms with Crippen molar-refractivity contribution in [2.75, 3.05) is 40.3 Å². The minimum atomic E-state index is -3.43. The van der Waals surface area contributed by atoms with Gasteiger partial charge < -0.3 is 9.80 Å². The van der Waals surface area contributed by atoms with Gasteiger partial charge in [-0.15, -0.1) is 0 Å². The fourth-order valence-corrected chi connectivity index (χ4v) is 4.88. The number of amides is 1. The summed E-state index contributed by atoms with van der Waals surface area (Å²) in [5.41, 5.74) is 0.817. The molecule has 0 N–H and O–H groups in total. The normalized spacial score (nSPS) is 21.7. The highest BCUT2D eigenvalue weighted by Gasteiger charge is 2.29. The molecular weight excluding hydrogens is 374 g/mol. The van der Waals surface area contributed by atoms with Crippen LogP contribution in [0.15, 0.2) is 35.2 Å². The van der Waals surface area contributed by atoms with E-state index in [-0.39, 0.29) is 10.8 Å². The van der Waals surface area contributed by atoms with Crippen LogP contribution in [0.5, 0.6) is 0 Å². The molecule has 2 aliphatic rings. The van der Waals surface area contributed by atoms with Crippen LogP contribution in [0.25, 0.3) is 6.08 Å². The number of likely N-dealkylation sites (tertiary alicyclic amines) is 2. The van der Waals surface area contributed by atoms with E-state index >= 15 is 0 Å². The lowest BCUT2D eigenvalue weighted by Gasteiger charge is -2.32. The van der Waals surface area contributed by atoms with Crippen LogP contribution >= 0.6 is 0 Å². The van der Waals surface area contributed by atoms with E-state index in [1.54, 1.807) is 36.4 Å². The number of nitrogens with zero attached hydrogens (tertiary/aromatic N) is 3. The zero-order chi connectivity index (χ0) is 20.1. The van der Waals surface area contributed by atoms with Gasteiger partial charge in [-0.25, -0.2) is 12.7 Å². The lowest BCUT2D eigenvalue weighted by Crippen LogP contribution is -2.44. The van der Waals surface area contributed by atoms with E-state index in [0.717, 1.165) is 44.6 Å². The predicted molar refractivity (Wildman–Crippen MR) is 111 cm³/mol. The van der Waals surface area contributed by atoms with Crippen LogP contribution in [0.2, 0.25) is 0 Å². The summed E-state index contributed by atoms with van der Waals surface area (Å²) < 4.78 is 25.4. The average Bonchev–Trinajstić information content (AvgIpc) is 3.15. The van der Waals surface area contributed by atoms with Gasteiger partial charge in [-0.2, -0.15) is 0 Å². The number of carbonyl (C=O) groups is 1. The summed E-state index contributed by atoms with van der Waals surface area (Å²) >= 11 is 0. The van der Waals surface area contributed by atoms with Gasteiger partial charge in [-0.1, -0.05) is 18.6 Å². The maximum absolute atomic E-state index is 12.7. The average molecular weight is 406 g/mol. The van der Waals surface area contributed by atoms with E-state index in [4.69, 9.17) is 0 Å². The molecule has 2 saturated heterocycles. The first-order valence-corrected chi connectivity index (χ1v) is 11.6. The lowest BCUT2D eigenvalue weighted by molar-refractivity contribution is -0.127. The molecule has 3 rings (SSSR count). The van der Waals surface area contributed by atoms with Crippen LogP contribution < -0.4 is 0 Å². The molecule has 28 heavy (non-hydrogen) atoms. The lowest BCUT2D eigenvalue weighted by atomic mass is 10.1. The Labute approximate surface area is 168 Å². The van der Waals surface area contributed by atoms with E-state index < -0.39 is 10.0 Å². The molecule has 0 radical (unpaired) electrons. The standard InChI is InChI=1S/C21H31N3O3S/c1-22(2)28(26,27)20-11-8-18(9-12-20)10-13-21(25)24-16-6-7-19(24)17-23-14-4-3-5-15-23/h8-13,19H,3-7,14-17H2,1-2H3/b13-10+. The highest BCUT2D eigenvalue weighted by molar-refractivity contribution is 7.89.